The van der Waals surface area contributed by atoms with Crippen molar-refractivity contribution in [3.8, 4) is 0 Å². The van der Waals surface area contributed by atoms with Crippen molar-refractivity contribution in [2.75, 3.05) is 32.5 Å². The highest BCUT2D eigenvalue weighted by molar-refractivity contribution is 6.34. The standard InChI is InChI=1S/C12H15ClN4O4/c1-14-11(18)6-16(2)7-12(19)15-10-4-3-8(17(20)21)5-9(10)13/h3-5H,6-7H2,1-2H3,(H,14,18)(H,15,19). The van der Waals surface area contributed by atoms with Gasteiger partial charge >= 0.3 is 0 Å². The first-order chi connectivity index (χ1) is 9.83. The molecule has 0 radical (unpaired) electrons. The predicted molar refractivity (Wildman–Crippen MR) is 78.3 cm³/mol. The average molecular weight is 315 g/mol. The summed E-state index contributed by atoms with van der Waals surface area (Å²) in [7, 11) is 3.12. The van der Waals surface area contributed by atoms with Crippen LogP contribution in [0.5, 0.6) is 0 Å². The molecule has 0 fully saturated rings. The van der Waals surface area contributed by atoms with Crippen molar-refractivity contribution < 1.29 is 14.5 Å². The highest BCUT2D eigenvalue weighted by atomic mass is 35.5. The Labute approximate surface area is 126 Å². The molecule has 0 spiro atoms. The summed E-state index contributed by atoms with van der Waals surface area (Å²) in [5.74, 6) is -0.587. The maximum Gasteiger partial charge on any atom is 0.271 e. The molecule has 8 nitrogen and oxygen atoms in total. The molecule has 1 aromatic carbocycles. The number of nitro groups is 1. The van der Waals surface area contributed by atoms with Crippen LogP contribution in [-0.4, -0.2) is 48.8 Å². The summed E-state index contributed by atoms with van der Waals surface area (Å²) in [6.07, 6.45) is 0. The zero-order chi connectivity index (χ0) is 16.0. The largest absolute Gasteiger partial charge is 0.358 e. The van der Waals surface area contributed by atoms with Gasteiger partial charge in [-0.3, -0.25) is 24.6 Å². The van der Waals surface area contributed by atoms with E-state index in [1.165, 1.54) is 24.1 Å². The molecule has 0 heterocycles. The first-order valence-electron chi connectivity index (χ1n) is 5.96. The molecule has 0 bridgehead atoms. The van der Waals surface area contributed by atoms with Crippen molar-refractivity contribution >= 4 is 34.8 Å². The number of hydrogen-bond donors (Lipinski definition) is 2. The monoisotopic (exact) mass is 314 g/mol. The maximum absolute atomic E-state index is 11.8. The number of likely N-dealkylation sites (N-methyl/N-ethyl adjacent to an activating group) is 2. The molecule has 1 aromatic rings. The second kappa shape index (κ2) is 7.55. The van der Waals surface area contributed by atoms with Crippen LogP contribution in [0.3, 0.4) is 0 Å². The van der Waals surface area contributed by atoms with E-state index in [2.05, 4.69) is 10.6 Å². The molecule has 0 atom stereocenters. The van der Waals surface area contributed by atoms with Crippen molar-refractivity contribution in [1.29, 1.82) is 0 Å². The molecule has 0 aliphatic heterocycles. The number of halogens is 1. The molecule has 1 rings (SSSR count). The van der Waals surface area contributed by atoms with Crippen LogP contribution in [0.25, 0.3) is 0 Å². The van der Waals surface area contributed by atoms with E-state index in [-0.39, 0.29) is 41.3 Å². The number of rotatable bonds is 6. The summed E-state index contributed by atoms with van der Waals surface area (Å²) < 4.78 is 0. The zero-order valence-electron chi connectivity index (χ0n) is 11.6. The van der Waals surface area contributed by atoms with Gasteiger partial charge in [0.1, 0.15) is 0 Å². The molecular formula is C12H15ClN4O4. The molecule has 0 aliphatic carbocycles. The van der Waals surface area contributed by atoms with Crippen LogP contribution < -0.4 is 10.6 Å². The summed E-state index contributed by atoms with van der Waals surface area (Å²) >= 11 is 5.86. The van der Waals surface area contributed by atoms with Crippen molar-refractivity contribution in [3.05, 3.63) is 33.3 Å². The summed E-state index contributed by atoms with van der Waals surface area (Å²) in [5, 5.41) is 15.6. The summed E-state index contributed by atoms with van der Waals surface area (Å²) in [6, 6.07) is 3.76. The lowest BCUT2D eigenvalue weighted by Crippen LogP contribution is -2.37. The van der Waals surface area contributed by atoms with Crippen molar-refractivity contribution in [3.63, 3.8) is 0 Å². The molecule has 2 N–H and O–H groups in total. The van der Waals surface area contributed by atoms with Gasteiger partial charge in [-0.15, -0.1) is 0 Å². The molecule has 0 unspecified atom stereocenters. The van der Waals surface area contributed by atoms with E-state index in [4.69, 9.17) is 11.6 Å². The Bertz CT molecular complexity index is 564. The lowest BCUT2D eigenvalue weighted by atomic mass is 10.3. The highest BCUT2D eigenvalue weighted by Crippen LogP contribution is 2.26. The van der Waals surface area contributed by atoms with E-state index in [1.807, 2.05) is 0 Å². The third kappa shape index (κ3) is 5.36. The van der Waals surface area contributed by atoms with Gasteiger partial charge in [-0.1, -0.05) is 11.6 Å². The van der Waals surface area contributed by atoms with Crippen LogP contribution in [-0.2, 0) is 9.59 Å². The van der Waals surface area contributed by atoms with Crippen LogP contribution in [0.15, 0.2) is 18.2 Å². The highest BCUT2D eigenvalue weighted by Gasteiger charge is 2.13. The van der Waals surface area contributed by atoms with Gasteiger partial charge in [0, 0.05) is 19.2 Å². The molecule has 21 heavy (non-hydrogen) atoms. The first kappa shape index (κ1) is 16.9. The van der Waals surface area contributed by atoms with Gasteiger partial charge in [0.25, 0.3) is 5.69 Å². The molecule has 2 amide bonds. The fraction of sp³-hybridized carbons (Fsp3) is 0.333. The lowest BCUT2D eigenvalue weighted by Gasteiger charge is -2.15. The smallest absolute Gasteiger partial charge is 0.271 e. The quantitative estimate of drug-likeness (QED) is 0.598. The Morgan fingerprint density at radius 3 is 2.48 bits per heavy atom. The van der Waals surface area contributed by atoms with Gasteiger partial charge in [0.2, 0.25) is 11.8 Å². The fourth-order valence-electron chi connectivity index (χ4n) is 1.53. The minimum atomic E-state index is -0.575. The number of carbonyl (C=O) groups is 2. The summed E-state index contributed by atoms with van der Waals surface area (Å²) in [6.45, 7) is 0.0681. The lowest BCUT2D eigenvalue weighted by molar-refractivity contribution is -0.384. The summed E-state index contributed by atoms with van der Waals surface area (Å²) in [4.78, 5) is 34.5. The second-order valence-electron chi connectivity index (χ2n) is 4.31. The Hall–Kier alpha value is -2.19. The summed E-state index contributed by atoms with van der Waals surface area (Å²) in [5.41, 5.74) is 0.121. The van der Waals surface area contributed by atoms with Crippen LogP contribution in [0.4, 0.5) is 11.4 Å². The van der Waals surface area contributed by atoms with Gasteiger partial charge in [0.05, 0.1) is 28.7 Å². The number of amides is 2. The number of non-ortho nitro benzene ring substituents is 1. The zero-order valence-corrected chi connectivity index (χ0v) is 12.3. The fourth-order valence-corrected chi connectivity index (χ4v) is 1.76. The average Bonchev–Trinajstić information content (AvgIpc) is 2.40. The molecular weight excluding hydrogens is 300 g/mol. The van der Waals surface area contributed by atoms with E-state index < -0.39 is 4.92 Å². The van der Waals surface area contributed by atoms with Gasteiger partial charge in [0.15, 0.2) is 0 Å². The third-order valence-electron chi connectivity index (χ3n) is 2.54. The second-order valence-corrected chi connectivity index (χ2v) is 4.72. The van der Waals surface area contributed by atoms with Crippen molar-refractivity contribution in [2.45, 2.75) is 0 Å². The molecule has 0 saturated carbocycles. The molecule has 9 heteroatoms. The number of anilines is 1. The van der Waals surface area contributed by atoms with Crippen molar-refractivity contribution in [1.82, 2.24) is 10.2 Å². The third-order valence-corrected chi connectivity index (χ3v) is 2.86. The van der Waals surface area contributed by atoms with Crippen LogP contribution in [0.1, 0.15) is 0 Å². The van der Waals surface area contributed by atoms with E-state index in [1.54, 1.807) is 7.05 Å². The Morgan fingerprint density at radius 1 is 1.33 bits per heavy atom. The van der Waals surface area contributed by atoms with E-state index in [0.717, 1.165) is 6.07 Å². The topological polar surface area (TPSA) is 105 Å². The maximum atomic E-state index is 11.8. The SMILES string of the molecule is CNC(=O)CN(C)CC(=O)Nc1ccc([N+](=O)[O-])cc1Cl. The van der Waals surface area contributed by atoms with Crippen LogP contribution in [0.2, 0.25) is 5.02 Å². The van der Waals surface area contributed by atoms with Crippen molar-refractivity contribution in [2.24, 2.45) is 0 Å². The number of nitro benzene ring substituents is 1. The van der Waals surface area contributed by atoms with Gasteiger partial charge < -0.3 is 10.6 Å². The Balaban J connectivity index is 2.63. The number of hydrogen-bond acceptors (Lipinski definition) is 5. The molecule has 0 aliphatic rings. The van der Waals surface area contributed by atoms with E-state index in [0.29, 0.717) is 0 Å². The first-order valence-corrected chi connectivity index (χ1v) is 6.34. The normalized spacial score (nSPS) is 10.3. The number of benzene rings is 1. The number of nitrogens with zero attached hydrogens (tertiary/aromatic N) is 2. The van der Waals surface area contributed by atoms with Gasteiger partial charge in [-0.25, -0.2) is 0 Å². The van der Waals surface area contributed by atoms with Crippen LogP contribution in [0, 0.1) is 10.1 Å². The molecule has 0 aromatic heterocycles. The molecule has 114 valence electrons. The number of carbonyl (C=O) groups excluding carboxylic acids is 2. The van der Waals surface area contributed by atoms with Crippen LogP contribution >= 0.6 is 11.6 Å². The predicted octanol–water partition coefficient (Wildman–Crippen LogP) is 0.865. The van der Waals surface area contributed by atoms with E-state index >= 15 is 0 Å². The molecule has 0 saturated heterocycles. The van der Waals surface area contributed by atoms with Gasteiger partial charge in [-0.05, 0) is 13.1 Å². The van der Waals surface area contributed by atoms with E-state index in [9.17, 15) is 19.7 Å². The number of nitrogens with one attached hydrogen (secondary N) is 2. The van der Waals surface area contributed by atoms with Gasteiger partial charge in [-0.2, -0.15) is 0 Å². The Morgan fingerprint density at radius 2 is 1.95 bits per heavy atom. The Kier molecular flexibility index (Phi) is 6.07. The minimum absolute atomic E-state index is 0.0132. The minimum Gasteiger partial charge on any atom is -0.358 e.